The van der Waals surface area contributed by atoms with E-state index in [2.05, 4.69) is 16.3 Å². The summed E-state index contributed by atoms with van der Waals surface area (Å²) in [4.78, 5) is 2.54. The van der Waals surface area contributed by atoms with E-state index >= 15 is 0 Å². The maximum atomic E-state index is 6.32. The van der Waals surface area contributed by atoms with Gasteiger partial charge in [0.2, 0.25) is 0 Å². The van der Waals surface area contributed by atoms with E-state index in [9.17, 15) is 0 Å². The lowest BCUT2D eigenvalue weighted by atomic mass is 9.88. The number of benzene rings is 1. The smallest absolute Gasteiger partial charge is 0.179 e. The van der Waals surface area contributed by atoms with Crippen LogP contribution >= 0.6 is 11.6 Å². The van der Waals surface area contributed by atoms with Crippen molar-refractivity contribution in [2.24, 2.45) is 11.8 Å². The van der Waals surface area contributed by atoms with Crippen LogP contribution in [0.2, 0.25) is 5.02 Å². The van der Waals surface area contributed by atoms with E-state index in [-0.39, 0.29) is 0 Å². The van der Waals surface area contributed by atoms with E-state index in [0.717, 1.165) is 24.1 Å². The molecule has 3 aliphatic rings. The molecule has 1 N–H and O–H groups in total. The summed E-state index contributed by atoms with van der Waals surface area (Å²) in [7, 11) is 0. The van der Waals surface area contributed by atoms with Crippen molar-refractivity contribution in [2.45, 2.75) is 13.0 Å². The van der Waals surface area contributed by atoms with Crippen LogP contribution in [0.4, 0.5) is 0 Å². The number of nitrogens with zero attached hydrogens (tertiary/aromatic N) is 1. The van der Waals surface area contributed by atoms with Crippen molar-refractivity contribution in [1.82, 2.24) is 10.2 Å². The van der Waals surface area contributed by atoms with Gasteiger partial charge in [0.05, 0.1) is 5.02 Å². The first kappa shape index (κ1) is 13.7. The second kappa shape index (κ2) is 5.67. The molecule has 0 amide bonds. The first-order valence-corrected chi connectivity index (χ1v) is 8.18. The van der Waals surface area contributed by atoms with E-state index in [1.165, 1.54) is 38.2 Å². The third-order valence-corrected chi connectivity index (χ3v) is 5.13. The van der Waals surface area contributed by atoms with E-state index in [1.807, 2.05) is 6.07 Å². The van der Waals surface area contributed by atoms with E-state index in [0.29, 0.717) is 24.0 Å². The molecule has 1 aromatic rings. The predicted molar refractivity (Wildman–Crippen MR) is 82.2 cm³/mol. The molecule has 2 unspecified atom stereocenters. The van der Waals surface area contributed by atoms with Crippen LogP contribution in [0.3, 0.4) is 0 Å². The van der Waals surface area contributed by atoms with Gasteiger partial charge >= 0.3 is 0 Å². The number of hydrogen-bond donors (Lipinski definition) is 1. The molecule has 4 nitrogen and oxygen atoms in total. The molecule has 2 fully saturated rings. The number of likely N-dealkylation sites (tertiary alicyclic amines) is 1. The van der Waals surface area contributed by atoms with Crippen molar-refractivity contribution < 1.29 is 9.47 Å². The lowest BCUT2D eigenvalue weighted by molar-refractivity contribution is 0.141. The van der Waals surface area contributed by atoms with Gasteiger partial charge in [-0.1, -0.05) is 11.6 Å². The van der Waals surface area contributed by atoms with Crippen molar-refractivity contribution >= 4 is 11.6 Å². The average Bonchev–Trinajstić information content (AvgIpc) is 2.95. The van der Waals surface area contributed by atoms with Gasteiger partial charge in [0.15, 0.2) is 11.5 Å². The standard InChI is InChI=1S/C16H21ClN2O2/c17-14-5-11(6-15-16(14)21-4-3-20-15)9-19-2-1-12-7-18-8-13(12)10-19/h5-6,12-13,18H,1-4,7-10H2. The van der Waals surface area contributed by atoms with Crippen molar-refractivity contribution in [1.29, 1.82) is 0 Å². The number of ether oxygens (including phenoxy) is 2. The highest BCUT2D eigenvalue weighted by molar-refractivity contribution is 6.32. The van der Waals surface area contributed by atoms with E-state index < -0.39 is 0 Å². The molecule has 1 aromatic carbocycles. The van der Waals surface area contributed by atoms with Gasteiger partial charge in [-0.05, 0) is 55.6 Å². The van der Waals surface area contributed by atoms with Crippen LogP contribution in [0.15, 0.2) is 12.1 Å². The molecule has 3 heterocycles. The van der Waals surface area contributed by atoms with Gasteiger partial charge in [-0.15, -0.1) is 0 Å². The Kier molecular flexibility index (Phi) is 3.69. The SMILES string of the molecule is Clc1cc(CN2CCC3CNCC3C2)cc2c1OCCO2. The molecular formula is C16H21ClN2O2. The molecule has 114 valence electrons. The third-order valence-electron chi connectivity index (χ3n) is 4.85. The van der Waals surface area contributed by atoms with Crippen molar-refractivity contribution in [3.8, 4) is 11.5 Å². The highest BCUT2D eigenvalue weighted by Crippen LogP contribution is 2.39. The summed E-state index contributed by atoms with van der Waals surface area (Å²) in [6.45, 7) is 6.86. The zero-order chi connectivity index (χ0) is 14.2. The largest absolute Gasteiger partial charge is 0.486 e. The number of halogens is 1. The summed E-state index contributed by atoms with van der Waals surface area (Å²) in [5, 5.41) is 4.18. The minimum Gasteiger partial charge on any atom is -0.486 e. The monoisotopic (exact) mass is 308 g/mol. The molecule has 4 rings (SSSR count). The Morgan fingerprint density at radius 1 is 1.19 bits per heavy atom. The van der Waals surface area contributed by atoms with Gasteiger partial charge in [-0.25, -0.2) is 0 Å². The molecule has 2 saturated heterocycles. The Labute approximate surface area is 130 Å². The number of fused-ring (bicyclic) bond motifs is 2. The molecule has 0 saturated carbocycles. The summed E-state index contributed by atoms with van der Waals surface area (Å²) < 4.78 is 11.2. The minimum atomic E-state index is 0.578. The second-order valence-corrected chi connectivity index (χ2v) is 6.71. The van der Waals surface area contributed by atoms with Gasteiger partial charge in [0, 0.05) is 13.1 Å². The summed E-state index contributed by atoms with van der Waals surface area (Å²) in [5.74, 6) is 3.18. The molecule has 0 bridgehead atoms. The maximum absolute atomic E-state index is 6.32. The number of piperidine rings is 1. The second-order valence-electron chi connectivity index (χ2n) is 6.30. The van der Waals surface area contributed by atoms with Crippen LogP contribution in [0.1, 0.15) is 12.0 Å². The number of nitrogens with one attached hydrogen (secondary N) is 1. The molecule has 5 heteroatoms. The fourth-order valence-corrected chi connectivity index (χ4v) is 4.06. The molecule has 0 aromatic heterocycles. The molecular weight excluding hydrogens is 288 g/mol. The Morgan fingerprint density at radius 3 is 3.00 bits per heavy atom. The lowest BCUT2D eigenvalue weighted by Gasteiger charge is -2.34. The van der Waals surface area contributed by atoms with Crippen LogP contribution in [-0.2, 0) is 6.54 Å². The van der Waals surface area contributed by atoms with Gasteiger partial charge < -0.3 is 14.8 Å². The van der Waals surface area contributed by atoms with Crippen LogP contribution in [0.5, 0.6) is 11.5 Å². The first-order chi connectivity index (χ1) is 10.3. The Balaban J connectivity index is 1.48. The number of rotatable bonds is 2. The van der Waals surface area contributed by atoms with Crippen LogP contribution in [-0.4, -0.2) is 44.3 Å². The Bertz CT molecular complexity index is 537. The minimum absolute atomic E-state index is 0.578. The van der Waals surface area contributed by atoms with Gasteiger partial charge in [-0.2, -0.15) is 0 Å². The van der Waals surface area contributed by atoms with E-state index in [1.54, 1.807) is 0 Å². The lowest BCUT2D eigenvalue weighted by Crippen LogP contribution is -2.39. The zero-order valence-electron chi connectivity index (χ0n) is 12.1. The average molecular weight is 309 g/mol. The predicted octanol–water partition coefficient (Wildman–Crippen LogP) is 2.15. The molecule has 0 aliphatic carbocycles. The number of hydrogen-bond acceptors (Lipinski definition) is 4. The molecule has 0 spiro atoms. The van der Waals surface area contributed by atoms with Crippen molar-refractivity contribution in [3.63, 3.8) is 0 Å². The molecule has 0 radical (unpaired) electrons. The van der Waals surface area contributed by atoms with Crippen LogP contribution in [0.25, 0.3) is 0 Å². The summed E-state index contributed by atoms with van der Waals surface area (Å²) in [6, 6.07) is 4.10. The molecule has 21 heavy (non-hydrogen) atoms. The first-order valence-electron chi connectivity index (χ1n) is 7.80. The van der Waals surface area contributed by atoms with Gasteiger partial charge in [0.25, 0.3) is 0 Å². The normalized spacial score (nSPS) is 28.4. The Hall–Kier alpha value is -0.970. The molecule has 2 atom stereocenters. The van der Waals surface area contributed by atoms with Gasteiger partial charge in [0.1, 0.15) is 13.2 Å². The summed E-state index contributed by atoms with van der Waals surface area (Å²) in [5.41, 5.74) is 1.22. The van der Waals surface area contributed by atoms with Crippen LogP contribution in [0, 0.1) is 11.8 Å². The van der Waals surface area contributed by atoms with Crippen molar-refractivity contribution in [3.05, 3.63) is 22.7 Å². The topological polar surface area (TPSA) is 33.7 Å². The fourth-order valence-electron chi connectivity index (χ4n) is 3.77. The summed E-state index contributed by atoms with van der Waals surface area (Å²) >= 11 is 6.32. The highest BCUT2D eigenvalue weighted by atomic mass is 35.5. The Morgan fingerprint density at radius 2 is 2.05 bits per heavy atom. The maximum Gasteiger partial charge on any atom is 0.179 e. The summed E-state index contributed by atoms with van der Waals surface area (Å²) in [6.07, 6.45) is 1.30. The zero-order valence-corrected chi connectivity index (χ0v) is 12.9. The third kappa shape index (κ3) is 2.72. The molecule has 3 aliphatic heterocycles. The fraction of sp³-hybridized carbons (Fsp3) is 0.625. The van der Waals surface area contributed by atoms with Gasteiger partial charge in [-0.3, -0.25) is 4.90 Å². The van der Waals surface area contributed by atoms with Crippen LogP contribution < -0.4 is 14.8 Å². The quantitative estimate of drug-likeness (QED) is 0.908. The van der Waals surface area contributed by atoms with Crippen molar-refractivity contribution in [2.75, 3.05) is 39.4 Å². The van der Waals surface area contributed by atoms with E-state index in [4.69, 9.17) is 21.1 Å². The highest BCUT2D eigenvalue weighted by Gasteiger charge is 2.32.